The first-order valence-electron chi connectivity index (χ1n) is 9.59. The number of carbonyl (C=O) groups excluding carboxylic acids is 1. The molecule has 0 unspecified atom stereocenters. The summed E-state index contributed by atoms with van der Waals surface area (Å²) in [7, 11) is 1.88. The lowest BCUT2D eigenvalue weighted by atomic mass is 9.95. The molecule has 1 aliphatic rings. The topological polar surface area (TPSA) is 79.2 Å². The summed E-state index contributed by atoms with van der Waals surface area (Å²) < 4.78 is 3.52. The van der Waals surface area contributed by atoms with Crippen molar-refractivity contribution in [3.8, 4) is 17.2 Å². The van der Waals surface area contributed by atoms with Gasteiger partial charge in [0, 0.05) is 49.2 Å². The van der Waals surface area contributed by atoms with E-state index in [4.69, 9.17) is 0 Å². The molecule has 7 nitrogen and oxygen atoms in total. The fraction of sp³-hybridized carbons (Fsp3) is 0.273. The zero-order valence-electron chi connectivity index (χ0n) is 16.3. The zero-order chi connectivity index (χ0) is 20.4. The van der Waals surface area contributed by atoms with E-state index < -0.39 is 0 Å². The number of fused-ring (bicyclic) bond motifs is 1. The summed E-state index contributed by atoms with van der Waals surface area (Å²) in [5, 5.41) is 18.1. The molecular formula is C22H22N6O. The molecule has 7 heteroatoms. The van der Waals surface area contributed by atoms with Crippen LogP contribution in [0.25, 0.3) is 22.7 Å². The van der Waals surface area contributed by atoms with Crippen molar-refractivity contribution in [2.75, 3.05) is 13.1 Å². The average molecular weight is 386 g/mol. The Morgan fingerprint density at radius 1 is 1.24 bits per heavy atom. The summed E-state index contributed by atoms with van der Waals surface area (Å²) in [6, 6.07) is 4.30. The van der Waals surface area contributed by atoms with Crippen molar-refractivity contribution < 1.29 is 4.79 Å². The molecule has 146 valence electrons. The van der Waals surface area contributed by atoms with Crippen molar-refractivity contribution in [2.24, 2.45) is 13.0 Å². The van der Waals surface area contributed by atoms with E-state index in [2.05, 4.69) is 41.1 Å². The third kappa shape index (κ3) is 3.69. The number of carbonyl (C=O) groups is 1. The van der Waals surface area contributed by atoms with Crippen molar-refractivity contribution >= 4 is 17.5 Å². The van der Waals surface area contributed by atoms with Gasteiger partial charge in [0.15, 0.2) is 0 Å². The van der Waals surface area contributed by atoms with Crippen molar-refractivity contribution in [1.29, 1.82) is 5.26 Å². The molecule has 1 fully saturated rings. The smallest absolute Gasteiger partial charge is 0.245 e. The Hall–Kier alpha value is -3.66. The molecule has 4 rings (SSSR count). The van der Waals surface area contributed by atoms with Crippen molar-refractivity contribution in [3.63, 3.8) is 0 Å². The van der Waals surface area contributed by atoms with E-state index in [1.807, 2.05) is 30.5 Å². The highest BCUT2D eigenvalue weighted by atomic mass is 16.2. The Balaban J connectivity index is 1.64. The Kier molecular flexibility index (Phi) is 5.00. The van der Waals surface area contributed by atoms with E-state index in [0.717, 1.165) is 48.1 Å². The molecule has 1 aliphatic heterocycles. The van der Waals surface area contributed by atoms with Crippen LogP contribution in [0.2, 0.25) is 0 Å². The highest BCUT2D eigenvalue weighted by Gasteiger charge is 2.20. The number of piperidine rings is 1. The number of nitriles is 1. The van der Waals surface area contributed by atoms with Gasteiger partial charge in [-0.25, -0.2) is 4.52 Å². The second-order valence-corrected chi connectivity index (χ2v) is 7.28. The second kappa shape index (κ2) is 7.76. The summed E-state index contributed by atoms with van der Waals surface area (Å²) in [5.74, 6) is 0.385. The lowest BCUT2D eigenvalue weighted by molar-refractivity contribution is -0.127. The van der Waals surface area contributed by atoms with Crippen LogP contribution in [0.15, 0.2) is 49.6 Å². The first-order valence-corrected chi connectivity index (χ1v) is 9.59. The summed E-state index contributed by atoms with van der Waals surface area (Å²) in [6.45, 7) is 5.03. The minimum Gasteiger partial charge on any atom is -0.339 e. The first-order chi connectivity index (χ1) is 14.1. The Bertz CT molecular complexity index is 1140. The molecule has 0 spiro atoms. The van der Waals surface area contributed by atoms with Gasteiger partial charge in [-0.15, -0.1) is 0 Å². The summed E-state index contributed by atoms with van der Waals surface area (Å²) in [6.07, 6.45) is 14.8. The Morgan fingerprint density at radius 2 is 2.03 bits per heavy atom. The van der Waals surface area contributed by atoms with E-state index >= 15 is 0 Å². The number of aromatic nitrogens is 4. The maximum atomic E-state index is 11.8. The van der Waals surface area contributed by atoms with Crippen LogP contribution in [0.3, 0.4) is 0 Å². The quantitative estimate of drug-likeness (QED) is 0.646. The molecule has 1 saturated heterocycles. The fourth-order valence-electron chi connectivity index (χ4n) is 3.77. The normalized spacial score (nSPS) is 15.1. The standard InChI is InChI=1S/C22H22N6O/c1-3-21(29)27-8-6-16(7-9-27)4-5-17-10-18(20-13-24-26(2)14-20)15-28-22(17)19(11-23)12-25-28/h3-5,10,12-16H,1,6-9H2,2H3/b5-4+. The number of hydrogen-bond acceptors (Lipinski definition) is 4. The summed E-state index contributed by atoms with van der Waals surface area (Å²) in [4.78, 5) is 13.6. The molecule has 0 aromatic carbocycles. The van der Waals surface area contributed by atoms with Crippen LogP contribution in [0.5, 0.6) is 0 Å². The molecular weight excluding hydrogens is 364 g/mol. The lowest BCUT2D eigenvalue weighted by Crippen LogP contribution is -2.36. The molecule has 0 atom stereocenters. The van der Waals surface area contributed by atoms with Crippen LogP contribution in [-0.4, -0.2) is 43.3 Å². The number of likely N-dealkylation sites (tertiary alicyclic amines) is 1. The zero-order valence-corrected chi connectivity index (χ0v) is 16.3. The minimum absolute atomic E-state index is 0.00349. The van der Waals surface area contributed by atoms with Gasteiger partial charge in [0.05, 0.1) is 23.5 Å². The Labute approximate surface area is 169 Å². The van der Waals surface area contributed by atoms with Crippen molar-refractivity contribution in [3.05, 3.63) is 60.7 Å². The van der Waals surface area contributed by atoms with E-state index in [-0.39, 0.29) is 5.91 Å². The number of nitrogens with zero attached hydrogens (tertiary/aromatic N) is 6. The Morgan fingerprint density at radius 3 is 2.69 bits per heavy atom. The third-order valence-corrected chi connectivity index (χ3v) is 5.37. The van der Waals surface area contributed by atoms with Crippen LogP contribution in [0.1, 0.15) is 24.0 Å². The van der Waals surface area contributed by atoms with Crippen LogP contribution in [0.4, 0.5) is 0 Å². The third-order valence-electron chi connectivity index (χ3n) is 5.37. The van der Waals surface area contributed by atoms with Gasteiger partial charge in [-0.05, 0) is 30.9 Å². The van der Waals surface area contributed by atoms with E-state index in [0.29, 0.717) is 11.5 Å². The molecule has 0 radical (unpaired) electrons. The predicted molar refractivity (Wildman–Crippen MR) is 111 cm³/mol. The maximum Gasteiger partial charge on any atom is 0.245 e. The largest absolute Gasteiger partial charge is 0.339 e. The van der Waals surface area contributed by atoms with Crippen LogP contribution < -0.4 is 0 Å². The number of aryl methyl sites for hydroxylation is 1. The van der Waals surface area contributed by atoms with Gasteiger partial charge in [0.2, 0.25) is 5.91 Å². The van der Waals surface area contributed by atoms with Crippen LogP contribution >= 0.6 is 0 Å². The molecule has 4 heterocycles. The lowest BCUT2D eigenvalue weighted by Gasteiger charge is -2.29. The van der Waals surface area contributed by atoms with Gasteiger partial charge >= 0.3 is 0 Å². The molecule has 1 amide bonds. The second-order valence-electron chi connectivity index (χ2n) is 7.28. The fourth-order valence-corrected chi connectivity index (χ4v) is 3.77. The molecule has 0 N–H and O–H groups in total. The van der Waals surface area contributed by atoms with Gasteiger partial charge < -0.3 is 4.90 Å². The minimum atomic E-state index is -0.00349. The highest BCUT2D eigenvalue weighted by Crippen LogP contribution is 2.27. The SMILES string of the molecule is C=CC(=O)N1CCC(/C=C/c2cc(-c3cnn(C)c3)cn3ncc(C#N)c23)CC1. The van der Waals surface area contributed by atoms with E-state index in [9.17, 15) is 10.1 Å². The molecule has 0 saturated carbocycles. The number of pyridine rings is 1. The molecule has 0 bridgehead atoms. The predicted octanol–water partition coefficient (Wildman–Crippen LogP) is 3.04. The van der Waals surface area contributed by atoms with E-state index in [1.165, 1.54) is 6.08 Å². The van der Waals surface area contributed by atoms with Gasteiger partial charge in [0.25, 0.3) is 0 Å². The van der Waals surface area contributed by atoms with Crippen molar-refractivity contribution in [2.45, 2.75) is 12.8 Å². The number of rotatable bonds is 4. The van der Waals surface area contributed by atoms with Crippen LogP contribution in [-0.2, 0) is 11.8 Å². The average Bonchev–Trinajstić information content (AvgIpc) is 3.37. The number of allylic oxidation sites excluding steroid dienone is 1. The van der Waals surface area contributed by atoms with Gasteiger partial charge in [-0.2, -0.15) is 15.5 Å². The van der Waals surface area contributed by atoms with Gasteiger partial charge in [-0.3, -0.25) is 9.48 Å². The van der Waals surface area contributed by atoms with Crippen molar-refractivity contribution in [1.82, 2.24) is 24.3 Å². The monoisotopic (exact) mass is 386 g/mol. The maximum absolute atomic E-state index is 11.8. The van der Waals surface area contributed by atoms with Crippen LogP contribution in [0, 0.1) is 17.2 Å². The van der Waals surface area contributed by atoms with Gasteiger partial charge in [0.1, 0.15) is 6.07 Å². The number of amides is 1. The molecule has 3 aromatic heterocycles. The highest BCUT2D eigenvalue weighted by molar-refractivity contribution is 5.87. The molecule has 0 aliphatic carbocycles. The molecule has 3 aromatic rings. The first kappa shape index (κ1) is 18.7. The summed E-state index contributed by atoms with van der Waals surface area (Å²) in [5.41, 5.74) is 4.29. The summed E-state index contributed by atoms with van der Waals surface area (Å²) >= 11 is 0. The van der Waals surface area contributed by atoms with Gasteiger partial charge in [-0.1, -0.05) is 18.7 Å². The number of hydrogen-bond donors (Lipinski definition) is 0. The van der Waals surface area contributed by atoms with E-state index in [1.54, 1.807) is 15.4 Å². The molecule has 29 heavy (non-hydrogen) atoms.